The number of anilines is 2. The van der Waals surface area contributed by atoms with Crippen LogP contribution in [0.15, 0.2) is 54.5 Å². The van der Waals surface area contributed by atoms with Crippen LogP contribution in [-0.4, -0.2) is 81.0 Å². The third kappa shape index (κ3) is 6.21. The lowest BCUT2D eigenvalue weighted by atomic mass is 9.98. The van der Waals surface area contributed by atoms with Crippen LogP contribution in [0.4, 0.5) is 11.5 Å². The Morgan fingerprint density at radius 2 is 1.97 bits per heavy atom. The molecule has 2 aliphatic heterocycles. The first-order chi connectivity index (χ1) is 16.9. The first-order valence-electron chi connectivity index (χ1n) is 12.1. The molecule has 0 atom stereocenters. The first-order valence-corrected chi connectivity index (χ1v) is 12.1. The van der Waals surface area contributed by atoms with Crippen molar-refractivity contribution in [2.24, 2.45) is 0 Å². The van der Waals surface area contributed by atoms with Gasteiger partial charge in [-0.1, -0.05) is 6.07 Å². The zero-order chi connectivity index (χ0) is 24.8. The number of hydrogen-bond acceptors (Lipinski definition) is 7. The van der Waals surface area contributed by atoms with Crippen molar-refractivity contribution in [1.82, 2.24) is 14.8 Å². The molecule has 4 rings (SSSR count). The quantitative estimate of drug-likeness (QED) is 0.682. The van der Waals surface area contributed by atoms with E-state index in [0.29, 0.717) is 18.9 Å². The molecule has 1 aromatic heterocycles. The van der Waals surface area contributed by atoms with Gasteiger partial charge in [0.1, 0.15) is 12.5 Å². The van der Waals surface area contributed by atoms with Gasteiger partial charge in [-0.3, -0.25) is 4.79 Å². The van der Waals surface area contributed by atoms with Gasteiger partial charge in [-0.15, -0.1) is 0 Å². The Hall–Kier alpha value is -3.36. The van der Waals surface area contributed by atoms with E-state index < -0.39 is 0 Å². The Labute approximate surface area is 207 Å². The molecule has 1 aromatic carbocycles. The number of carbonyl (C=O) groups excluding carboxylic acids is 1. The number of rotatable bonds is 6. The van der Waals surface area contributed by atoms with E-state index >= 15 is 0 Å². The van der Waals surface area contributed by atoms with Crippen molar-refractivity contribution in [2.75, 3.05) is 70.5 Å². The van der Waals surface area contributed by atoms with E-state index in [-0.39, 0.29) is 5.91 Å². The standard InChI is InChI=1S/C27H35N5O3/c1-5-31(4)26-15-21(8-9-28-26)27(33)29-23-7-6-20(2)25(16-23)22-14-24(18-35-19-30(3)17-22)32-10-12-34-13-11-32/h6-9,14-17H,5,10-13,18-19H2,1-4H3,(H,29,33). The van der Waals surface area contributed by atoms with Crippen molar-refractivity contribution >= 4 is 23.0 Å². The summed E-state index contributed by atoms with van der Waals surface area (Å²) in [4.78, 5) is 23.8. The number of aromatic nitrogens is 1. The van der Waals surface area contributed by atoms with Crippen molar-refractivity contribution in [3.8, 4) is 0 Å². The summed E-state index contributed by atoms with van der Waals surface area (Å²) < 4.78 is 11.4. The molecular formula is C27H35N5O3. The number of aryl methyl sites for hydroxylation is 1. The van der Waals surface area contributed by atoms with Crippen LogP contribution in [0.5, 0.6) is 0 Å². The monoisotopic (exact) mass is 477 g/mol. The average molecular weight is 478 g/mol. The van der Waals surface area contributed by atoms with E-state index in [2.05, 4.69) is 41.3 Å². The molecule has 0 unspecified atom stereocenters. The van der Waals surface area contributed by atoms with Crippen LogP contribution in [0.3, 0.4) is 0 Å². The number of nitrogens with one attached hydrogen (secondary N) is 1. The SMILES string of the molecule is CCN(C)c1cc(C(=O)Nc2ccc(C)c(C3=CN(C)COCC(N4CCOCC4)=C3)c2)ccn1. The van der Waals surface area contributed by atoms with Crippen molar-refractivity contribution in [3.05, 3.63) is 71.2 Å². The summed E-state index contributed by atoms with van der Waals surface area (Å²) in [5.41, 5.74) is 5.77. The fourth-order valence-electron chi connectivity index (χ4n) is 4.15. The lowest BCUT2D eigenvalue weighted by Gasteiger charge is -2.32. The maximum atomic E-state index is 13.0. The Balaban J connectivity index is 1.61. The van der Waals surface area contributed by atoms with E-state index in [1.807, 2.05) is 48.2 Å². The van der Waals surface area contributed by atoms with Gasteiger partial charge < -0.3 is 29.5 Å². The van der Waals surface area contributed by atoms with E-state index in [1.165, 1.54) is 0 Å². The molecule has 2 aliphatic rings. The number of morpholine rings is 1. The maximum Gasteiger partial charge on any atom is 0.255 e. The molecule has 0 saturated carbocycles. The predicted molar refractivity (Wildman–Crippen MR) is 139 cm³/mol. The van der Waals surface area contributed by atoms with Gasteiger partial charge in [-0.25, -0.2) is 4.98 Å². The van der Waals surface area contributed by atoms with Crippen LogP contribution < -0.4 is 10.2 Å². The molecule has 35 heavy (non-hydrogen) atoms. The summed E-state index contributed by atoms with van der Waals surface area (Å²) in [6.45, 7) is 9.18. The molecule has 2 aromatic rings. The average Bonchev–Trinajstić information content (AvgIpc) is 2.87. The van der Waals surface area contributed by atoms with Crippen molar-refractivity contribution < 1.29 is 14.3 Å². The van der Waals surface area contributed by atoms with E-state index in [9.17, 15) is 4.79 Å². The van der Waals surface area contributed by atoms with Crippen molar-refractivity contribution in [2.45, 2.75) is 13.8 Å². The minimum Gasteiger partial charge on any atom is -0.378 e. The lowest BCUT2D eigenvalue weighted by molar-refractivity contribution is 0.0299. The van der Waals surface area contributed by atoms with E-state index in [4.69, 9.17) is 9.47 Å². The number of pyridine rings is 1. The largest absolute Gasteiger partial charge is 0.378 e. The minimum atomic E-state index is -0.158. The molecule has 1 N–H and O–H groups in total. The smallest absolute Gasteiger partial charge is 0.255 e. The lowest BCUT2D eigenvalue weighted by Crippen LogP contribution is -2.37. The van der Waals surface area contributed by atoms with Crippen LogP contribution in [0, 0.1) is 6.92 Å². The number of benzene rings is 1. The third-order valence-electron chi connectivity index (χ3n) is 6.32. The van der Waals surface area contributed by atoms with Gasteiger partial charge in [0.25, 0.3) is 5.91 Å². The number of amides is 1. The summed E-state index contributed by atoms with van der Waals surface area (Å²) >= 11 is 0. The Bertz CT molecular complexity index is 1110. The highest BCUT2D eigenvalue weighted by atomic mass is 16.5. The highest BCUT2D eigenvalue weighted by Gasteiger charge is 2.18. The van der Waals surface area contributed by atoms with Crippen molar-refractivity contribution in [1.29, 1.82) is 0 Å². The van der Waals surface area contributed by atoms with E-state index in [0.717, 1.165) is 66.8 Å². The molecule has 1 saturated heterocycles. The number of carbonyl (C=O) groups is 1. The molecule has 0 radical (unpaired) electrons. The number of nitrogens with zero attached hydrogens (tertiary/aromatic N) is 4. The summed E-state index contributed by atoms with van der Waals surface area (Å²) in [5.74, 6) is 0.616. The molecule has 1 fully saturated rings. The van der Waals surface area contributed by atoms with E-state index in [1.54, 1.807) is 12.3 Å². The Morgan fingerprint density at radius 1 is 1.17 bits per heavy atom. The summed E-state index contributed by atoms with van der Waals surface area (Å²) in [5, 5.41) is 3.06. The fraction of sp³-hybridized carbons (Fsp3) is 0.407. The van der Waals surface area contributed by atoms with Crippen LogP contribution in [0.1, 0.15) is 28.4 Å². The molecule has 8 heteroatoms. The Morgan fingerprint density at radius 3 is 2.74 bits per heavy atom. The molecule has 0 aliphatic carbocycles. The predicted octanol–water partition coefficient (Wildman–Crippen LogP) is 3.57. The molecule has 186 valence electrons. The molecule has 8 nitrogen and oxygen atoms in total. The van der Waals surface area contributed by atoms with Gasteiger partial charge in [0.2, 0.25) is 0 Å². The zero-order valence-corrected chi connectivity index (χ0v) is 21.1. The Kier molecular flexibility index (Phi) is 8.05. The highest BCUT2D eigenvalue weighted by Crippen LogP contribution is 2.28. The normalized spacial score (nSPS) is 16.7. The summed E-state index contributed by atoms with van der Waals surface area (Å²) in [6.07, 6.45) is 5.97. The van der Waals surface area contributed by atoms with Gasteiger partial charge in [0.15, 0.2) is 0 Å². The second kappa shape index (κ2) is 11.4. The van der Waals surface area contributed by atoms with Crippen LogP contribution in [0.2, 0.25) is 0 Å². The number of hydrogen-bond donors (Lipinski definition) is 1. The van der Waals surface area contributed by atoms with Crippen LogP contribution in [0.25, 0.3) is 5.57 Å². The second-order valence-electron chi connectivity index (χ2n) is 8.95. The number of ether oxygens (including phenoxy) is 2. The maximum absolute atomic E-state index is 13.0. The molecular weight excluding hydrogens is 442 g/mol. The topological polar surface area (TPSA) is 70.2 Å². The van der Waals surface area contributed by atoms with Crippen molar-refractivity contribution in [3.63, 3.8) is 0 Å². The van der Waals surface area contributed by atoms with Gasteiger partial charge in [-0.2, -0.15) is 0 Å². The number of allylic oxidation sites excluding steroid dienone is 2. The van der Waals surface area contributed by atoms with Crippen LogP contribution in [-0.2, 0) is 9.47 Å². The summed E-state index contributed by atoms with van der Waals surface area (Å²) in [6, 6.07) is 9.59. The van der Waals surface area contributed by atoms with Gasteiger partial charge in [-0.05, 0) is 60.9 Å². The fourth-order valence-corrected chi connectivity index (χ4v) is 4.15. The van der Waals surface area contributed by atoms with Gasteiger partial charge in [0.05, 0.1) is 19.8 Å². The summed E-state index contributed by atoms with van der Waals surface area (Å²) in [7, 11) is 3.96. The zero-order valence-electron chi connectivity index (χ0n) is 21.1. The molecule has 0 bridgehead atoms. The highest BCUT2D eigenvalue weighted by molar-refractivity contribution is 6.05. The van der Waals surface area contributed by atoms with Gasteiger partial charge >= 0.3 is 0 Å². The molecule has 0 spiro atoms. The third-order valence-corrected chi connectivity index (χ3v) is 6.32. The molecule has 3 heterocycles. The van der Waals surface area contributed by atoms with Crippen LogP contribution >= 0.6 is 0 Å². The molecule has 1 amide bonds. The minimum absolute atomic E-state index is 0.158. The first kappa shape index (κ1) is 24.8. The van der Waals surface area contributed by atoms with Gasteiger partial charge in [0, 0.05) is 63.1 Å². The second-order valence-corrected chi connectivity index (χ2v) is 8.95.